The SMILES string of the molecule is CCc1cc(=O)n(CC(=O)Nc2ccccc2C)c(-n2nc(C)cc2C)n1. The van der Waals surface area contributed by atoms with E-state index in [1.165, 1.54) is 10.6 Å². The summed E-state index contributed by atoms with van der Waals surface area (Å²) in [6, 6.07) is 10.9. The molecule has 0 aliphatic carbocycles. The average Bonchev–Trinajstić information content (AvgIpc) is 2.96. The van der Waals surface area contributed by atoms with Crippen LogP contribution in [0.3, 0.4) is 0 Å². The van der Waals surface area contributed by atoms with Gasteiger partial charge in [0.2, 0.25) is 11.9 Å². The number of hydrogen-bond acceptors (Lipinski definition) is 4. The monoisotopic (exact) mass is 365 g/mol. The maximum Gasteiger partial charge on any atom is 0.255 e. The van der Waals surface area contributed by atoms with Gasteiger partial charge in [-0.15, -0.1) is 0 Å². The summed E-state index contributed by atoms with van der Waals surface area (Å²) in [4.78, 5) is 29.8. The molecule has 0 saturated heterocycles. The summed E-state index contributed by atoms with van der Waals surface area (Å²) in [6.07, 6.45) is 0.623. The summed E-state index contributed by atoms with van der Waals surface area (Å²) in [5.41, 5.74) is 3.74. The van der Waals surface area contributed by atoms with Crippen molar-refractivity contribution in [2.45, 2.75) is 40.7 Å². The van der Waals surface area contributed by atoms with Crippen LogP contribution in [0.1, 0.15) is 29.6 Å². The standard InChI is InChI=1S/C20H23N5O2/c1-5-16-11-19(27)24(20(21-16)25-15(4)10-14(3)23-25)12-18(26)22-17-9-7-6-8-13(17)2/h6-11H,5,12H2,1-4H3,(H,22,26). The Balaban J connectivity index is 1.99. The van der Waals surface area contributed by atoms with Crippen LogP contribution in [-0.2, 0) is 17.8 Å². The number of para-hydroxylation sites is 1. The number of hydrogen-bond donors (Lipinski definition) is 1. The molecule has 0 bridgehead atoms. The van der Waals surface area contributed by atoms with Crippen LogP contribution in [0.25, 0.3) is 5.95 Å². The molecule has 3 rings (SSSR count). The minimum Gasteiger partial charge on any atom is -0.324 e. The van der Waals surface area contributed by atoms with Crippen LogP contribution in [0.4, 0.5) is 5.69 Å². The molecular weight excluding hydrogens is 342 g/mol. The third-order valence-electron chi connectivity index (χ3n) is 4.32. The van der Waals surface area contributed by atoms with E-state index in [0.717, 1.165) is 22.6 Å². The molecule has 3 aromatic rings. The highest BCUT2D eigenvalue weighted by Crippen LogP contribution is 2.14. The van der Waals surface area contributed by atoms with Gasteiger partial charge >= 0.3 is 0 Å². The minimum absolute atomic E-state index is 0.141. The van der Waals surface area contributed by atoms with Crippen molar-refractivity contribution in [3.8, 4) is 5.95 Å². The van der Waals surface area contributed by atoms with Crippen molar-refractivity contribution in [3.05, 3.63) is 69.4 Å². The van der Waals surface area contributed by atoms with E-state index in [0.29, 0.717) is 18.1 Å². The first kappa shape index (κ1) is 18.6. The van der Waals surface area contributed by atoms with Crippen molar-refractivity contribution < 1.29 is 4.79 Å². The Labute approximate surface area is 157 Å². The summed E-state index contributed by atoms with van der Waals surface area (Å²) >= 11 is 0. The second-order valence-corrected chi connectivity index (χ2v) is 6.53. The lowest BCUT2D eigenvalue weighted by atomic mass is 10.2. The zero-order valence-corrected chi connectivity index (χ0v) is 16.0. The molecule has 0 radical (unpaired) electrons. The number of benzene rings is 1. The number of aromatic nitrogens is 4. The van der Waals surface area contributed by atoms with Gasteiger partial charge in [-0.25, -0.2) is 9.67 Å². The highest BCUT2D eigenvalue weighted by atomic mass is 16.2. The first-order valence-electron chi connectivity index (χ1n) is 8.89. The zero-order chi connectivity index (χ0) is 19.6. The normalized spacial score (nSPS) is 10.8. The molecule has 0 saturated carbocycles. The number of amides is 1. The van der Waals surface area contributed by atoms with Crippen molar-refractivity contribution in [2.75, 3.05) is 5.32 Å². The fourth-order valence-corrected chi connectivity index (χ4v) is 2.91. The van der Waals surface area contributed by atoms with Gasteiger partial charge in [0, 0.05) is 23.1 Å². The van der Waals surface area contributed by atoms with E-state index in [1.54, 1.807) is 4.68 Å². The van der Waals surface area contributed by atoms with E-state index in [1.807, 2.05) is 58.0 Å². The molecule has 2 heterocycles. The summed E-state index contributed by atoms with van der Waals surface area (Å²) in [5.74, 6) is 0.0603. The van der Waals surface area contributed by atoms with Crippen LogP contribution < -0.4 is 10.9 Å². The Bertz CT molecular complexity index is 1050. The molecule has 0 aliphatic heterocycles. The fraction of sp³-hybridized carbons (Fsp3) is 0.300. The molecule has 0 atom stereocenters. The van der Waals surface area contributed by atoms with E-state index >= 15 is 0 Å². The quantitative estimate of drug-likeness (QED) is 0.753. The third kappa shape index (κ3) is 3.97. The number of nitrogens with zero attached hydrogens (tertiary/aromatic N) is 4. The van der Waals surface area contributed by atoms with Gasteiger partial charge in [-0.05, 0) is 44.9 Å². The lowest BCUT2D eigenvalue weighted by Gasteiger charge is -2.14. The largest absolute Gasteiger partial charge is 0.324 e. The lowest BCUT2D eigenvalue weighted by molar-refractivity contribution is -0.116. The van der Waals surface area contributed by atoms with Crippen molar-refractivity contribution in [1.29, 1.82) is 0 Å². The van der Waals surface area contributed by atoms with E-state index in [4.69, 9.17) is 0 Å². The van der Waals surface area contributed by atoms with Crippen LogP contribution in [0.2, 0.25) is 0 Å². The Hall–Kier alpha value is -3.22. The van der Waals surface area contributed by atoms with Crippen LogP contribution in [0, 0.1) is 20.8 Å². The van der Waals surface area contributed by atoms with Gasteiger partial charge in [0.05, 0.1) is 5.69 Å². The lowest BCUT2D eigenvalue weighted by Crippen LogP contribution is -2.32. The van der Waals surface area contributed by atoms with Crippen LogP contribution in [0.5, 0.6) is 0 Å². The Morgan fingerprint density at radius 3 is 2.52 bits per heavy atom. The fourth-order valence-electron chi connectivity index (χ4n) is 2.91. The summed E-state index contributed by atoms with van der Waals surface area (Å²) < 4.78 is 2.96. The van der Waals surface area contributed by atoms with Crippen molar-refractivity contribution >= 4 is 11.6 Å². The summed E-state index contributed by atoms with van der Waals surface area (Å²) in [6.45, 7) is 7.48. The van der Waals surface area contributed by atoms with Gasteiger partial charge in [0.25, 0.3) is 5.56 Å². The van der Waals surface area contributed by atoms with Gasteiger partial charge in [-0.1, -0.05) is 25.1 Å². The highest BCUT2D eigenvalue weighted by Gasteiger charge is 2.16. The van der Waals surface area contributed by atoms with Crippen molar-refractivity contribution in [2.24, 2.45) is 0 Å². The molecule has 1 aromatic carbocycles. The maximum absolute atomic E-state index is 12.7. The van der Waals surface area contributed by atoms with Gasteiger partial charge in [-0.2, -0.15) is 5.10 Å². The number of carbonyl (C=O) groups excluding carboxylic acids is 1. The molecule has 1 amide bonds. The number of carbonyl (C=O) groups is 1. The summed E-state index contributed by atoms with van der Waals surface area (Å²) in [7, 11) is 0. The molecular formula is C20H23N5O2. The molecule has 140 valence electrons. The Kier molecular flexibility index (Phi) is 5.21. The van der Waals surface area contributed by atoms with Crippen molar-refractivity contribution in [3.63, 3.8) is 0 Å². The molecule has 0 fully saturated rings. The topological polar surface area (TPSA) is 81.8 Å². The minimum atomic E-state index is -0.291. The van der Waals surface area contributed by atoms with Crippen molar-refractivity contribution in [1.82, 2.24) is 19.3 Å². The zero-order valence-electron chi connectivity index (χ0n) is 16.0. The first-order valence-corrected chi connectivity index (χ1v) is 8.89. The van der Waals surface area contributed by atoms with Crippen LogP contribution >= 0.6 is 0 Å². The molecule has 0 unspecified atom stereocenters. The van der Waals surface area contributed by atoms with Gasteiger partial charge in [0.15, 0.2) is 0 Å². The highest BCUT2D eigenvalue weighted by molar-refractivity contribution is 5.91. The molecule has 27 heavy (non-hydrogen) atoms. The predicted octanol–water partition coefficient (Wildman–Crippen LogP) is 2.56. The molecule has 7 nitrogen and oxygen atoms in total. The van der Waals surface area contributed by atoms with Gasteiger partial charge < -0.3 is 5.32 Å². The molecule has 2 aromatic heterocycles. The number of aryl methyl sites for hydroxylation is 4. The Morgan fingerprint density at radius 2 is 1.89 bits per heavy atom. The number of anilines is 1. The second-order valence-electron chi connectivity index (χ2n) is 6.53. The van der Waals surface area contributed by atoms with Gasteiger partial charge in [-0.3, -0.25) is 14.2 Å². The maximum atomic E-state index is 12.7. The Morgan fingerprint density at radius 1 is 1.15 bits per heavy atom. The first-order chi connectivity index (χ1) is 12.9. The average molecular weight is 365 g/mol. The molecule has 0 aliphatic rings. The molecule has 1 N–H and O–H groups in total. The smallest absolute Gasteiger partial charge is 0.255 e. The third-order valence-corrected chi connectivity index (χ3v) is 4.32. The van der Waals surface area contributed by atoms with E-state index < -0.39 is 0 Å². The van der Waals surface area contributed by atoms with Crippen LogP contribution in [0.15, 0.2) is 41.2 Å². The second kappa shape index (κ2) is 7.57. The summed E-state index contributed by atoms with van der Waals surface area (Å²) in [5, 5.41) is 7.28. The predicted molar refractivity (Wildman–Crippen MR) is 104 cm³/mol. The number of rotatable bonds is 5. The van der Waals surface area contributed by atoms with Gasteiger partial charge in [0.1, 0.15) is 6.54 Å². The molecule has 0 spiro atoms. The van der Waals surface area contributed by atoms with E-state index in [2.05, 4.69) is 15.4 Å². The molecule has 7 heteroatoms. The van der Waals surface area contributed by atoms with Crippen LogP contribution in [-0.4, -0.2) is 25.2 Å². The number of nitrogens with one attached hydrogen (secondary N) is 1. The van der Waals surface area contributed by atoms with E-state index in [9.17, 15) is 9.59 Å². The van der Waals surface area contributed by atoms with E-state index in [-0.39, 0.29) is 18.0 Å².